The number of nitrogens with zero attached hydrogens (tertiary/aromatic N) is 5. The fourth-order valence-corrected chi connectivity index (χ4v) is 4.25. The molecule has 0 radical (unpaired) electrons. The van der Waals surface area contributed by atoms with Crippen molar-refractivity contribution in [2.24, 2.45) is 0 Å². The first-order valence-corrected chi connectivity index (χ1v) is 10.1. The third kappa shape index (κ3) is 4.01. The third-order valence-corrected chi connectivity index (χ3v) is 5.74. The van der Waals surface area contributed by atoms with E-state index in [0.29, 0.717) is 17.9 Å². The van der Waals surface area contributed by atoms with Gasteiger partial charge in [0.25, 0.3) is 0 Å². The summed E-state index contributed by atoms with van der Waals surface area (Å²) >= 11 is 1.61. The summed E-state index contributed by atoms with van der Waals surface area (Å²) in [6, 6.07) is 13.8. The number of thioether (sulfide) groups is 1. The number of benzene rings is 1. The highest BCUT2D eigenvalue weighted by atomic mass is 32.2. The maximum Gasteiger partial charge on any atom is 0.228 e. The van der Waals surface area contributed by atoms with Crippen LogP contribution in [0, 0.1) is 11.3 Å². The molecule has 138 valence electrons. The first-order valence-electron chi connectivity index (χ1n) is 9.16. The molecule has 0 aliphatic carbocycles. The van der Waals surface area contributed by atoms with Crippen LogP contribution in [0.4, 0.5) is 5.95 Å². The van der Waals surface area contributed by atoms with E-state index in [1.807, 2.05) is 36.4 Å². The number of piperidine rings is 1. The lowest BCUT2D eigenvalue weighted by Gasteiger charge is -2.27. The Morgan fingerprint density at radius 1 is 1.07 bits per heavy atom. The Kier molecular flexibility index (Phi) is 5.45. The highest BCUT2D eigenvalue weighted by Crippen LogP contribution is 2.28. The standard InChI is InChI=1S/C20H21N5OS/c21-13-16-7-2-3-8-17(16)15-27-20-23-22-19(24-10-4-1-5-11-24)25(20)14-18-9-6-12-26-18/h2-3,6-9,12H,1,4-5,10-11,14-15H2. The molecule has 6 nitrogen and oxygen atoms in total. The van der Waals surface area contributed by atoms with Gasteiger partial charge >= 0.3 is 0 Å². The van der Waals surface area contributed by atoms with Crippen molar-refractivity contribution < 1.29 is 4.42 Å². The van der Waals surface area contributed by atoms with Crippen molar-refractivity contribution in [1.82, 2.24) is 14.8 Å². The van der Waals surface area contributed by atoms with E-state index < -0.39 is 0 Å². The zero-order valence-electron chi connectivity index (χ0n) is 15.0. The number of nitriles is 1. The van der Waals surface area contributed by atoms with Gasteiger partial charge in [-0.2, -0.15) is 5.26 Å². The molecule has 2 aromatic heterocycles. The molecule has 0 N–H and O–H groups in total. The van der Waals surface area contributed by atoms with Crippen LogP contribution in [0.3, 0.4) is 0 Å². The van der Waals surface area contributed by atoms with Crippen LogP contribution in [0.2, 0.25) is 0 Å². The summed E-state index contributed by atoms with van der Waals surface area (Å²) in [6.07, 6.45) is 5.34. The molecular formula is C20H21N5OS. The van der Waals surface area contributed by atoms with Crippen LogP contribution in [0.5, 0.6) is 0 Å². The second-order valence-corrected chi connectivity index (χ2v) is 7.50. The van der Waals surface area contributed by atoms with Gasteiger partial charge < -0.3 is 9.32 Å². The van der Waals surface area contributed by atoms with Gasteiger partial charge in [0.15, 0.2) is 5.16 Å². The van der Waals surface area contributed by atoms with Crippen LogP contribution < -0.4 is 4.90 Å². The van der Waals surface area contributed by atoms with E-state index in [4.69, 9.17) is 4.42 Å². The average molecular weight is 379 g/mol. The molecule has 1 fully saturated rings. The van der Waals surface area contributed by atoms with Crippen LogP contribution in [0.1, 0.15) is 36.1 Å². The second kappa shape index (κ2) is 8.31. The number of aromatic nitrogens is 3. The maximum absolute atomic E-state index is 9.30. The molecule has 0 unspecified atom stereocenters. The number of furan rings is 1. The van der Waals surface area contributed by atoms with Crippen LogP contribution in [-0.2, 0) is 12.3 Å². The van der Waals surface area contributed by atoms with Crippen molar-refractivity contribution in [2.75, 3.05) is 18.0 Å². The molecule has 0 spiro atoms. The highest BCUT2D eigenvalue weighted by Gasteiger charge is 2.21. The lowest BCUT2D eigenvalue weighted by molar-refractivity contribution is 0.479. The van der Waals surface area contributed by atoms with E-state index in [2.05, 4.69) is 25.7 Å². The minimum absolute atomic E-state index is 0.605. The van der Waals surface area contributed by atoms with Crippen molar-refractivity contribution >= 4 is 17.7 Å². The van der Waals surface area contributed by atoms with E-state index in [0.717, 1.165) is 35.5 Å². The fourth-order valence-electron chi connectivity index (χ4n) is 3.31. The minimum atomic E-state index is 0.605. The Morgan fingerprint density at radius 3 is 2.70 bits per heavy atom. The number of hydrogen-bond acceptors (Lipinski definition) is 6. The molecule has 7 heteroatoms. The molecule has 3 aromatic rings. The van der Waals surface area contributed by atoms with E-state index >= 15 is 0 Å². The second-order valence-electron chi connectivity index (χ2n) is 6.55. The lowest BCUT2D eigenvalue weighted by Crippen LogP contribution is -2.32. The smallest absolute Gasteiger partial charge is 0.228 e. The molecule has 1 aliphatic heterocycles. The molecular weight excluding hydrogens is 358 g/mol. The van der Waals surface area contributed by atoms with E-state index in [1.54, 1.807) is 18.0 Å². The van der Waals surface area contributed by atoms with E-state index in [9.17, 15) is 5.26 Å². The first-order chi connectivity index (χ1) is 13.3. The molecule has 0 atom stereocenters. The zero-order chi connectivity index (χ0) is 18.5. The molecule has 1 aromatic carbocycles. The number of anilines is 1. The van der Waals surface area contributed by atoms with Crippen LogP contribution in [0.25, 0.3) is 0 Å². The van der Waals surface area contributed by atoms with Crippen molar-refractivity contribution in [2.45, 2.75) is 36.7 Å². The number of hydrogen-bond donors (Lipinski definition) is 0. The molecule has 0 bridgehead atoms. The topological polar surface area (TPSA) is 70.9 Å². The molecule has 0 amide bonds. The van der Waals surface area contributed by atoms with Gasteiger partial charge in [0.05, 0.1) is 24.4 Å². The molecule has 0 saturated carbocycles. The van der Waals surface area contributed by atoms with Gasteiger partial charge in [0.1, 0.15) is 5.76 Å². The predicted molar refractivity (Wildman–Crippen MR) is 105 cm³/mol. The Bertz CT molecular complexity index is 922. The molecule has 27 heavy (non-hydrogen) atoms. The van der Waals surface area contributed by atoms with Crippen molar-refractivity contribution in [3.63, 3.8) is 0 Å². The summed E-state index contributed by atoms with van der Waals surface area (Å²) in [5.74, 6) is 2.47. The Hall–Kier alpha value is -2.72. The van der Waals surface area contributed by atoms with Gasteiger partial charge in [-0.15, -0.1) is 10.2 Å². The Labute approximate surface area is 162 Å². The molecule has 1 saturated heterocycles. The quantitative estimate of drug-likeness (QED) is 0.601. The average Bonchev–Trinajstić information content (AvgIpc) is 3.38. The van der Waals surface area contributed by atoms with Gasteiger partial charge in [-0.25, -0.2) is 0 Å². The fraction of sp³-hybridized carbons (Fsp3) is 0.350. The monoisotopic (exact) mass is 379 g/mol. The summed E-state index contributed by atoms with van der Waals surface area (Å²) < 4.78 is 7.68. The van der Waals surface area contributed by atoms with Crippen molar-refractivity contribution in [1.29, 1.82) is 5.26 Å². The summed E-state index contributed by atoms with van der Waals surface area (Å²) in [4.78, 5) is 2.31. The molecule has 3 heterocycles. The van der Waals surface area contributed by atoms with Crippen LogP contribution in [0.15, 0.2) is 52.2 Å². The number of rotatable bonds is 6. The lowest BCUT2D eigenvalue weighted by atomic mass is 10.1. The van der Waals surface area contributed by atoms with E-state index in [1.165, 1.54) is 19.3 Å². The maximum atomic E-state index is 9.30. The van der Waals surface area contributed by atoms with Gasteiger partial charge in [-0.1, -0.05) is 30.0 Å². The SMILES string of the molecule is N#Cc1ccccc1CSc1nnc(N2CCCCC2)n1Cc1ccco1. The minimum Gasteiger partial charge on any atom is -0.467 e. The van der Waals surface area contributed by atoms with Crippen LogP contribution >= 0.6 is 11.8 Å². The summed E-state index contributed by atoms with van der Waals surface area (Å²) in [5.41, 5.74) is 1.72. The summed E-state index contributed by atoms with van der Waals surface area (Å²) in [7, 11) is 0. The molecule has 4 rings (SSSR count). The van der Waals surface area contributed by atoms with Crippen molar-refractivity contribution in [3.8, 4) is 6.07 Å². The Balaban J connectivity index is 1.59. The van der Waals surface area contributed by atoms with E-state index in [-0.39, 0.29) is 0 Å². The third-order valence-electron chi connectivity index (χ3n) is 4.72. The summed E-state index contributed by atoms with van der Waals surface area (Å²) in [5, 5.41) is 19.1. The van der Waals surface area contributed by atoms with Gasteiger partial charge in [-0.05, 0) is 43.0 Å². The Morgan fingerprint density at radius 2 is 1.93 bits per heavy atom. The van der Waals surface area contributed by atoms with Crippen molar-refractivity contribution in [3.05, 3.63) is 59.5 Å². The molecule has 1 aliphatic rings. The van der Waals surface area contributed by atoms with Gasteiger partial charge in [0, 0.05) is 18.8 Å². The highest BCUT2D eigenvalue weighted by molar-refractivity contribution is 7.98. The van der Waals surface area contributed by atoms with Gasteiger partial charge in [-0.3, -0.25) is 4.57 Å². The summed E-state index contributed by atoms with van der Waals surface area (Å²) in [6.45, 7) is 2.63. The predicted octanol–water partition coefficient (Wildman–Crippen LogP) is 4.07. The normalized spacial score (nSPS) is 14.3. The first kappa shape index (κ1) is 17.7. The largest absolute Gasteiger partial charge is 0.467 e. The van der Waals surface area contributed by atoms with Gasteiger partial charge in [0.2, 0.25) is 5.95 Å². The zero-order valence-corrected chi connectivity index (χ0v) is 15.9. The van der Waals surface area contributed by atoms with Crippen LogP contribution in [-0.4, -0.2) is 27.9 Å².